The van der Waals surface area contributed by atoms with Crippen molar-refractivity contribution in [3.05, 3.63) is 17.7 Å². The second-order valence-corrected chi connectivity index (χ2v) is 6.59. The molecule has 1 aliphatic rings. The molecule has 2 rings (SSSR count). The van der Waals surface area contributed by atoms with Crippen LogP contribution in [0.25, 0.3) is 0 Å². The van der Waals surface area contributed by atoms with Crippen molar-refractivity contribution >= 4 is 27.4 Å². The number of ether oxygens (including phenoxy) is 2. The second-order valence-electron chi connectivity index (χ2n) is 4.53. The van der Waals surface area contributed by atoms with Gasteiger partial charge in [-0.2, -0.15) is 0 Å². The lowest BCUT2D eigenvalue weighted by Gasteiger charge is -2.20. The zero-order valence-corrected chi connectivity index (χ0v) is 13.6. The van der Waals surface area contributed by atoms with E-state index in [9.17, 15) is 8.42 Å². The number of hydrogen-bond acceptors (Lipinski definition) is 5. The van der Waals surface area contributed by atoms with E-state index in [0.29, 0.717) is 18.9 Å². The molecule has 1 aromatic carbocycles. The van der Waals surface area contributed by atoms with Gasteiger partial charge in [0.2, 0.25) is 0 Å². The van der Waals surface area contributed by atoms with Crippen molar-refractivity contribution in [3.8, 4) is 11.5 Å². The summed E-state index contributed by atoms with van der Waals surface area (Å²) in [4.78, 5) is 0.0644. The van der Waals surface area contributed by atoms with E-state index < -0.39 is 10.0 Å². The Labute approximate surface area is 129 Å². The SMILES string of the molecule is CCNC(=S)NS(=O)(=O)c1cc2c(cc1OC)OCCC2. The third-order valence-corrected chi connectivity index (χ3v) is 4.80. The molecule has 0 fully saturated rings. The third kappa shape index (κ3) is 3.56. The topological polar surface area (TPSA) is 76.7 Å². The van der Waals surface area contributed by atoms with E-state index in [-0.39, 0.29) is 15.8 Å². The highest BCUT2D eigenvalue weighted by atomic mass is 32.2. The Morgan fingerprint density at radius 1 is 1.48 bits per heavy atom. The Bertz CT molecular complexity index is 644. The van der Waals surface area contributed by atoms with Crippen LogP contribution in [0, 0.1) is 0 Å². The van der Waals surface area contributed by atoms with Crippen molar-refractivity contribution in [2.45, 2.75) is 24.7 Å². The number of sulfonamides is 1. The Hall–Kier alpha value is -1.54. The van der Waals surface area contributed by atoms with Gasteiger partial charge < -0.3 is 14.8 Å². The van der Waals surface area contributed by atoms with E-state index in [1.54, 1.807) is 12.1 Å². The van der Waals surface area contributed by atoms with Crippen molar-refractivity contribution < 1.29 is 17.9 Å². The van der Waals surface area contributed by atoms with Gasteiger partial charge in [0.25, 0.3) is 10.0 Å². The average Bonchev–Trinajstić information content (AvgIpc) is 2.45. The van der Waals surface area contributed by atoms with Gasteiger partial charge in [-0.05, 0) is 43.6 Å². The van der Waals surface area contributed by atoms with Gasteiger partial charge in [0.15, 0.2) is 5.11 Å². The third-order valence-electron chi connectivity index (χ3n) is 3.05. The predicted molar refractivity (Wildman–Crippen MR) is 83.4 cm³/mol. The second kappa shape index (κ2) is 6.48. The molecule has 0 amide bonds. The molecule has 0 spiro atoms. The average molecular weight is 330 g/mol. The van der Waals surface area contributed by atoms with E-state index >= 15 is 0 Å². The smallest absolute Gasteiger partial charge is 0.267 e. The van der Waals surface area contributed by atoms with E-state index in [0.717, 1.165) is 18.4 Å². The maximum Gasteiger partial charge on any atom is 0.267 e. The number of nitrogens with one attached hydrogen (secondary N) is 2. The Kier molecular flexibility index (Phi) is 4.89. The Balaban J connectivity index is 2.39. The van der Waals surface area contributed by atoms with Gasteiger partial charge in [-0.25, -0.2) is 8.42 Å². The molecule has 21 heavy (non-hydrogen) atoms. The lowest BCUT2D eigenvalue weighted by molar-refractivity contribution is 0.285. The van der Waals surface area contributed by atoms with Crippen molar-refractivity contribution in [2.24, 2.45) is 0 Å². The maximum atomic E-state index is 12.4. The van der Waals surface area contributed by atoms with E-state index in [2.05, 4.69) is 10.0 Å². The van der Waals surface area contributed by atoms with Gasteiger partial charge in [0.1, 0.15) is 16.4 Å². The van der Waals surface area contributed by atoms with Crippen LogP contribution in [0.2, 0.25) is 0 Å². The van der Waals surface area contributed by atoms with Crippen molar-refractivity contribution in [3.63, 3.8) is 0 Å². The molecule has 2 N–H and O–H groups in total. The number of benzene rings is 1. The van der Waals surface area contributed by atoms with Crippen LogP contribution in [0.15, 0.2) is 17.0 Å². The summed E-state index contributed by atoms with van der Waals surface area (Å²) in [6.07, 6.45) is 1.64. The molecule has 1 aromatic rings. The number of methoxy groups -OCH3 is 1. The Morgan fingerprint density at radius 3 is 2.90 bits per heavy atom. The summed E-state index contributed by atoms with van der Waals surface area (Å²) >= 11 is 4.93. The van der Waals surface area contributed by atoms with Crippen LogP contribution in [0.1, 0.15) is 18.9 Å². The fourth-order valence-electron chi connectivity index (χ4n) is 2.10. The number of hydrogen-bond donors (Lipinski definition) is 2. The molecule has 8 heteroatoms. The van der Waals surface area contributed by atoms with Gasteiger partial charge in [-0.1, -0.05) is 0 Å². The predicted octanol–water partition coefficient (Wildman–Crippen LogP) is 1.19. The van der Waals surface area contributed by atoms with E-state index in [4.69, 9.17) is 21.7 Å². The number of thiocarbonyl (C=S) groups is 1. The van der Waals surface area contributed by atoms with E-state index in [1.165, 1.54) is 7.11 Å². The molecular weight excluding hydrogens is 312 g/mol. The highest BCUT2D eigenvalue weighted by molar-refractivity contribution is 7.92. The first kappa shape index (κ1) is 15.8. The highest BCUT2D eigenvalue weighted by Gasteiger charge is 2.24. The molecule has 0 radical (unpaired) electrons. The molecule has 116 valence electrons. The first-order valence-corrected chi connectivity index (χ1v) is 8.51. The molecule has 0 saturated carbocycles. The molecule has 1 heterocycles. The van der Waals surface area contributed by atoms with Crippen LogP contribution >= 0.6 is 12.2 Å². The molecule has 0 atom stereocenters. The van der Waals surface area contributed by atoms with Gasteiger partial charge in [0.05, 0.1) is 13.7 Å². The van der Waals surface area contributed by atoms with Crippen LogP contribution < -0.4 is 19.5 Å². The number of aryl methyl sites for hydroxylation is 1. The highest BCUT2D eigenvalue weighted by Crippen LogP contribution is 2.34. The van der Waals surface area contributed by atoms with Crippen LogP contribution in [0.4, 0.5) is 0 Å². The summed E-state index contributed by atoms with van der Waals surface area (Å²) in [5.41, 5.74) is 0.858. The van der Waals surface area contributed by atoms with Gasteiger partial charge in [-0.15, -0.1) is 0 Å². The van der Waals surface area contributed by atoms with E-state index in [1.807, 2.05) is 6.92 Å². The first-order chi connectivity index (χ1) is 9.97. The monoisotopic (exact) mass is 330 g/mol. The number of rotatable bonds is 4. The molecule has 6 nitrogen and oxygen atoms in total. The quantitative estimate of drug-likeness (QED) is 0.808. The summed E-state index contributed by atoms with van der Waals surface area (Å²) < 4.78 is 37.9. The lowest BCUT2D eigenvalue weighted by atomic mass is 10.1. The molecule has 0 aromatic heterocycles. The van der Waals surface area contributed by atoms with Crippen LogP contribution in [-0.4, -0.2) is 33.8 Å². The summed E-state index contributed by atoms with van der Waals surface area (Å²) in [6.45, 7) is 3.00. The summed E-state index contributed by atoms with van der Waals surface area (Å²) in [5.74, 6) is 0.911. The summed E-state index contributed by atoms with van der Waals surface area (Å²) in [5, 5.41) is 2.81. The maximum absolute atomic E-state index is 12.4. The van der Waals surface area contributed by atoms with Gasteiger partial charge >= 0.3 is 0 Å². The number of fused-ring (bicyclic) bond motifs is 1. The van der Waals surface area contributed by atoms with Crippen molar-refractivity contribution in [1.82, 2.24) is 10.0 Å². The summed E-state index contributed by atoms with van der Waals surface area (Å²) in [6, 6.07) is 3.20. The van der Waals surface area contributed by atoms with Crippen molar-refractivity contribution in [2.75, 3.05) is 20.3 Å². The fraction of sp³-hybridized carbons (Fsp3) is 0.462. The normalized spacial score (nSPS) is 13.8. The molecular formula is C13H18N2O4S2. The minimum Gasteiger partial charge on any atom is -0.495 e. The van der Waals surface area contributed by atoms with Crippen LogP contribution in [0.3, 0.4) is 0 Å². The van der Waals surface area contributed by atoms with Crippen molar-refractivity contribution in [1.29, 1.82) is 0 Å². The lowest BCUT2D eigenvalue weighted by Crippen LogP contribution is -2.39. The van der Waals surface area contributed by atoms with Gasteiger partial charge in [-0.3, -0.25) is 4.72 Å². The largest absolute Gasteiger partial charge is 0.495 e. The zero-order valence-electron chi connectivity index (χ0n) is 11.9. The molecule has 0 unspecified atom stereocenters. The van der Waals surface area contributed by atoms with Crippen LogP contribution in [-0.2, 0) is 16.4 Å². The molecule has 0 bridgehead atoms. The minimum atomic E-state index is -3.79. The van der Waals surface area contributed by atoms with Crippen LogP contribution in [0.5, 0.6) is 11.5 Å². The molecule has 0 aliphatic carbocycles. The molecule has 0 saturated heterocycles. The minimum absolute atomic E-state index is 0.0634. The van der Waals surface area contributed by atoms with Gasteiger partial charge in [0, 0.05) is 12.6 Å². The molecule has 1 aliphatic heterocycles. The standard InChI is InChI=1S/C13H18N2O4S2/c1-3-14-13(20)15-21(16,17)12-7-9-5-4-6-19-10(9)8-11(12)18-2/h7-8H,3-6H2,1-2H3,(H2,14,15,20). The fourth-order valence-corrected chi connectivity index (χ4v) is 3.71. The zero-order chi connectivity index (χ0) is 15.5. The summed E-state index contributed by atoms with van der Waals surface area (Å²) in [7, 11) is -2.37. The first-order valence-electron chi connectivity index (χ1n) is 6.62. The Morgan fingerprint density at radius 2 is 2.24 bits per heavy atom.